The highest BCUT2D eigenvalue weighted by Crippen LogP contribution is 2.31. The minimum Gasteiger partial charge on any atom is -0.486 e. The van der Waals surface area contributed by atoms with Gasteiger partial charge in [0.2, 0.25) is 11.8 Å². The molecule has 1 unspecified atom stereocenters. The number of carbonyl (C=O) groups excluding carboxylic acids is 2. The number of rotatable bonds is 11. The van der Waals surface area contributed by atoms with E-state index in [2.05, 4.69) is 11.4 Å². The minimum absolute atomic E-state index is 0.0519. The van der Waals surface area contributed by atoms with Gasteiger partial charge >= 0.3 is 0 Å². The molecule has 0 fully saturated rings. The van der Waals surface area contributed by atoms with Gasteiger partial charge in [-0.15, -0.1) is 0 Å². The van der Waals surface area contributed by atoms with Gasteiger partial charge in [-0.25, -0.2) is 0 Å². The second-order valence-electron chi connectivity index (χ2n) is 9.49. The molecule has 194 valence electrons. The first-order valence-corrected chi connectivity index (χ1v) is 13.1. The van der Waals surface area contributed by atoms with Gasteiger partial charge < -0.3 is 19.7 Å². The summed E-state index contributed by atoms with van der Waals surface area (Å²) in [6, 6.07) is 23.2. The molecule has 1 atom stereocenters. The number of hydrogen-bond donors (Lipinski definition) is 1. The Morgan fingerprint density at radius 1 is 0.892 bits per heavy atom. The van der Waals surface area contributed by atoms with E-state index in [1.165, 1.54) is 0 Å². The Balaban J connectivity index is 1.58. The standard InChI is InChI=1S/C31H36N2O4/c1-3-16-32-31(35)27(20-24-9-5-4-6-10-24)33(22-26-11-7-8-23(2)19-26)30(34)15-13-25-12-14-28-29(21-25)37-18-17-36-28/h4-12,14,19,21,27H,3,13,15-18,20,22H2,1-2H3,(H,32,35). The van der Waals surface area contributed by atoms with E-state index in [4.69, 9.17) is 9.47 Å². The van der Waals surface area contributed by atoms with E-state index in [0.29, 0.717) is 44.9 Å². The first-order chi connectivity index (χ1) is 18.0. The molecule has 0 saturated carbocycles. The molecule has 1 heterocycles. The number of nitrogens with zero attached hydrogens (tertiary/aromatic N) is 1. The number of fused-ring (bicyclic) bond motifs is 1. The van der Waals surface area contributed by atoms with Crippen molar-refractivity contribution in [3.05, 3.63) is 95.1 Å². The van der Waals surface area contributed by atoms with Crippen molar-refractivity contribution in [1.29, 1.82) is 0 Å². The molecular formula is C31H36N2O4. The smallest absolute Gasteiger partial charge is 0.243 e. The molecule has 6 nitrogen and oxygen atoms in total. The summed E-state index contributed by atoms with van der Waals surface area (Å²) in [6.07, 6.45) is 2.13. The molecule has 0 bridgehead atoms. The summed E-state index contributed by atoms with van der Waals surface area (Å²) in [6.45, 7) is 6.07. The van der Waals surface area contributed by atoms with Crippen LogP contribution in [0.1, 0.15) is 42.0 Å². The maximum atomic E-state index is 13.8. The van der Waals surface area contributed by atoms with Crippen molar-refractivity contribution in [1.82, 2.24) is 10.2 Å². The molecule has 1 N–H and O–H groups in total. The number of carbonyl (C=O) groups is 2. The van der Waals surface area contributed by atoms with E-state index in [0.717, 1.165) is 34.4 Å². The predicted octanol–water partition coefficient (Wildman–Crippen LogP) is 4.87. The third-order valence-corrected chi connectivity index (χ3v) is 6.49. The average molecular weight is 501 g/mol. The lowest BCUT2D eigenvalue weighted by atomic mass is 10.0. The predicted molar refractivity (Wildman–Crippen MR) is 145 cm³/mol. The SMILES string of the molecule is CCCNC(=O)C(Cc1ccccc1)N(Cc1cccc(C)c1)C(=O)CCc1ccc2c(c1)OCCO2. The topological polar surface area (TPSA) is 67.9 Å². The van der Waals surface area contributed by atoms with Gasteiger partial charge in [0.15, 0.2) is 11.5 Å². The quantitative estimate of drug-likeness (QED) is 0.408. The van der Waals surface area contributed by atoms with Crippen LogP contribution in [-0.4, -0.2) is 42.5 Å². The van der Waals surface area contributed by atoms with E-state index in [1.807, 2.05) is 80.6 Å². The molecule has 0 saturated heterocycles. The van der Waals surface area contributed by atoms with Gasteiger partial charge in [-0.05, 0) is 48.6 Å². The van der Waals surface area contributed by atoms with Crippen LogP contribution < -0.4 is 14.8 Å². The van der Waals surface area contributed by atoms with Crippen LogP contribution in [0.3, 0.4) is 0 Å². The number of amides is 2. The lowest BCUT2D eigenvalue weighted by molar-refractivity contribution is -0.141. The molecule has 1 aliphatic heterocycles. The first kappa shape index (κ1) is 26.3. The summed E-state index contributed by atoms with van der Waals surface area (Å²) in [4.78, 5) is 29.0. The molecule has 0 spiro atoms. The van der Waals surface area contributed by atoms with Crippen molar-refractivity contribution >= 4 is 11.8 Å². The number of ether oxygens (including phenoxy) is 2. The van der Waals surface area contributed by atoms with Gasteiger partial charge in [-0.2, -0.15) is 0 Å². The Labute approximate surface area is 219 Å². The Morgan fingerprint density at radius 2 is 1.65 bits per heavy atom. The van der Waals surface area contributed by atoms with Crippen LogP contribution in [0.15, 0.2) is 72.8 Å². The van der Waals surface area contributed by atoms with Crippen LogP contribution in [0.25, 0.3) is 0 Å². The van der Waals surface area contributed by atoms with Gasteiger partial charge in [-0.3, -0.25) is 9.59 Å². The number of aryl methyl sites for hydroxylation is 2. The normalized spacial score (nSPS) is 13.0. The molecule has 0 aromatic heterocycles. The fraction of sp³-hybridized carbons (Fsp3) is 0.355. The second kappa shape index (κ2) is 12.9. The molecule has 3 aromatic rings. The molecule has 6 heteroatoms. The maximum Gasteiger partial charge on any atom is 0.243 e. The van der Waals surface area contributed by atoms with Crippen molar-refractivity contribution in [2.45, 2.75) is 52.1 Å². The van der Waals surface area contributed by atoms with Crippen molar-refractivity contribution in [3.8, 4) is 11.5 Å². The van der Waals surface area contributed by atoms with Crippen molar-refractivity contribution in [2.24, 2.45) is 0 Å². The van der Waals surface area contributed by atoms with Crippen molar-refractivity contribution < 1.29 is 19.1 Å². The van der Waals surface area contributed by atoms with E-state index in [9.17, 15) is 9.59 Å². The molecule has 3 aromatic carbocycles. The third kappa shape index (κ3) is 7.35. The maximum absolute atomic E-state index is 13.8. The third-order valence-electron chi connectivity index (χ3n) is 6.49. The zero-order valence-electron chi connectivity index (χ0n) is 21.7. The van der Waals surface area contributed by atoms with E-state index in [-0.39, 0.29) is 18.2 Å². The Kier molecular flexibility index (Phi) is 9.19. The van der Waals surface area contributed by atoms with E-state index >= 15 is 0 Å². The Hall–Kier alpha value is -3.80. The summed E-state index contributed by atoms with van der Waals surface area (Å²) in [5.74, 6) is 1.28. The molecule has 0 aliphatic carbocycles. The number of hydrogen-bond acceptors (Lipinski definition) is 4. The largest absolute Gasteiger partial charge is 0.486 e. The van der Waals surface area contributed by atoms with Crippen LogP contribution in [0.4, 0.5) is 0 Å². The molecular weight excluding hydrogens is 464 g/mol. The van der Waals surface area contributed by atoms with Gasteiger partial charge in [0.05, 0.1) is 0 Å². The lowest BCUT2D eigenvalue weighted by Crippen LogP contribution is -2.50. The molecule has 0 radical (unpaired) electrons. The van der Waals surface area contributed by atoms with Crippen LogP contribution in [0.5, 0.6) is 11.5 Å². The van der Waals surface area contributed by atoms with Gasteiger partial charge in [0.1, 0.15) is 19.3 Å². The van der Waals surface area contributed by atoms with E-state index in [1.54, 1.807) is 4.90 Å². The highest BCUT2D eigenvalue weighted by Gasteiger charge is 2.30. The second-order valence-corrected chi connectivity index (χ2v) is 9.49. The minimum atomic E-state index is -0.609. The fourth-order valence-electron chi connectivity index (χ4n) is 4.57. The fourth-order valence-corrected chi connectivity index (χ4v) is 4.57. The summed E-state index contributed by atoms with van der Waals surface area (Å²) in [5, 5.41) is 3.03. The number of benzene rings is 3. The van der Waals surface area contributed by atoms with Gasteiger partial charge in [0.25, 0.3) is 0 Å². The average Bonchev–Trinajstić information content (AvgIpc) is 2.92. The van der Waals surface area contributed by atoms with Crippen LogP contribution in [0.2, 0.25) is 0 Å². The lowest BCUT2D eigenvalue weighted by Gasteiger charge is -2.32. The van der Waals surface area contributed by atoms with Crippen LogP contribution >= 0.6 is 0 Å². The molecule has 4 rings (SSSR count). The molecule has 2 amide bonds. The zero-order chi connectivity index (χ0) is 26.0. The number of nitrogens with one attached hydrogen (secondary N) is 1. The summed E-state index contributed by atoms with van der Waals surface area (Å²) >= 11 is 0. The highest BCUT2D eigenvalue weighted by atomic mass is 16.6. The molecule has 1 aliphatic rings. The summed E-state index contributed by atoms with van der Waals surface area (Å²) in [5.41, 5.74) is 4.15. The Morgan fingerprint density at radius 3 is 2.41 bits per heavy atom. The van der Waals surface area contributed by atoms with Crippen LogP contribution in [-0.2, 0) is 29.0 Å². The monoisotopic (exact) mass is 500 g/mol. The van der Waals surface area contributed by atoms with Gasteiger partial charge in [0, 0.05) is 25.9 Å². The van der Waals surface area contributed by atoms with Crippen molar-refractivity contribution in [3.63, 3.8) is 0 Å². The van der Waals surface area contributed by atoms with Gasteiger partial charge in [-0.1, -0.05) is 73.2 Å². The van der Waals surface area contributed by atoms with Crippen LogP contribution in [0, 0.1) is 6.92 Å². The van der Waals surface area contributed by atoms with Crippen molar-refractivity contribution in [2.75, 3.05) is 19.8 Å². The highest BCUT2D eigenvalue weighted by molar-refractivity contribution is 5.88. The van der Waals surface area contributed by atoms with E-state index < -0.39 is 6.04 Å². The Bertz CT molecular complexity index is 1190. The molecule has 37 heavy (non-hydrogen) atoms. The summed E-state index contributed by atoms with van der Waals surface area (Å²) < 4.78 is 11.3. The zero-order valence-corrected chi connectivity index (χ0v) is 21.7. The first-order valence-electron chi connectivity index (χ1n) is 13.1. The summed E-state index contributed by atoms with van der Waals surface area (Å²) in [7, 11) is 0.